The number of aromatic amines is 1. The van der Waals surface area contributed by atoms with Gasteiger partial charge in [0.25, 0.3) is 0 Å². The highest BCUT2D eigenvalue weighted by Crippen LogP contribution is 2.23. The van der Waals surface area contributed by atoms with Crippen LogP contribution in [0.3, 0.4) is 0 Å². The van der Waals surface area contributed by atoms with Crippen molar-refractivity contribution in [3.63, 3.8) is 0 Å². The van der Waals surface area contributed by atoms with Crippen molar-refractivity contribution < 1.29 is 4.48 Å². The molecule has 3 rings (SSSR count). The first kappa shape index (κ1) is 12.4. The molecule has 0 radical (unpaired) electrons. The summed E-state index contributed by atoms with van der Waals surface area (Å²) in [6, 6.07) is 1.97. The molecule has 0 atom stereocenters. The lowest BCUT2D eigenvalue weighted by atomic mass is 10.4. The molecule has 0 bridgehead atoms. The molecule has 104 valence electrons. The Balaban J connectivity index is 1.93. The van der Waals surface area contributed by atoms with Gasteiger partial charge in [0, 0.05) is 18.4 Å². The number of hydrogen-bond acceptors (Lipinski definition) is 5. The Morgan fingerprint density at radius 2 is 2.20 bits per heavy atom. The second kappa shape index (κ2) is 4.80. The van der Waals surface area contributed by atoms with E-state index in [1.54, 1.807) is 24.0 Å². The van der Waals surface area contributed by atoms with Crippen LogP contribution in [0.1, 0.15) is 19.9 Å². The number of nitrogens with one attached hydrogen (secondary N) is 3. The van der Waals surface area contributed by atoms with Crippen molar-refractivity contribution in [3.8, 4) is 0 Å². The van der Waals surface area contributed by atoms with E-state index in [1.807, 2.05) is 24.7 Å². The lowest BCUT2D eigenvalue weighted by Gasteiger charge is -2.05. The Hall–Kier alpha value is -2.64. The molecule has 0 saturated carbocycles. The molecule has 0 unspecified atom stereocenters. The van der Waals surface area contributed by atoms with Crippen molar-refractivity contribution in [2.75, 3.05) is 10.9 Å². The van der Waals surface area contributed by atoms with E-state index in [9.17, 15) is 4.48 Å². The van der Waals surface area contributed by atoms with Gasteiger partial charge in [-0.25, -0.2) is 5.54 Å². The fourth-order valence-corrected chi connectivity index (χ4v) is 1.88. The van der Waals surface area contributed by atoms with Gasteiger partial charge in [0.2, 0.25) is 5.95 Å². The van der Waals surface area contributed by atoms with Gasteiger partial charge in [-0.15, -0.1) is 4.48 Å². The van der Waals surface area contributed by atoms with Gasteiger partial charge in [0.15, 0.2) is 5.82 Å². The smallest absolute Gasteiger partial charge is 0.231 e. The molecule has 3 heterocycles. The maximum absolute atomic E-state index is 12.8. The summed E-state index contributed by atoms with van der Waals surface area (Å²) in [5.41, 5.74) is 2.87. The number of fused-ring (bicyclic) bond motifs is 1. The monoisotopic (exact) mass is 275 g/mol. The molecule has 0 aliphatic rings. The SMILES string of the molecule is CC(C)n1cc(Nc2nc(NF)c3cc[nH]c3n2)cn1. The molecule has 0 aliphatic carbocycles. The molecule has 0 fully saturated rings. The molecule has 3 aromatic heterocycles. The Morgan fingerprint density at radius 3 is 2.90 bits per heavy atom. The fourth-order valence-electron chi connectivity index (χ4n) is 1.88. The van der Waals surface area contributed by atoms with Crippen LogP contribution in [-0.4, -0.2) is 24.7 Å². The quantitative estimate of drug-likeness (QED) is 0.638. The molecule has 20 heavy (non-hydrogen) atoms. The van der Waals surface area contributed by atoms with Crippen LogP contribution in [0.4, 0.5) is 21.9 Å². The summed E-state index contributed by atoms with van der Waals surface area (Å²) in [5, 5.41) is 7.80. The summed E-state index contributed by atoms with van der Waals surface area (Å²) in [6.07, 6.45) is 5.20. The van der Waals surface area contributed by atoms with Gasteiger partial charge in [0.1, 0.15) is 5.65 Å². The van der Waals surface area contributed by atoms with Crippen LogP contribution >= 0.6 is 0 Å². The minimum absolute atomic E-state index is 0.120. The van der Waals surface area contributed by atoms with Crippen LogP contribution in [-0.2, 0) is 0 Å². The van der Waals surface area contributed by atoms with Crippen LogP contribution in [0, 0.1) is 0 Å². The van der Waals surface area contributed by atoms with Gasteiger partial charge >= 0.3 is 0 Å². The van der Waals surface area contributed by atoms with Crippen molar-refractivity contribution in [1.82, 2.24) is 24.7 Å². The molecule has 0 aliphatic heterocycles. The largest absolute Gasteiger partial charge is 0.346 e. The molecule has 3 N–H and O–H groups in total. The topological polar surface area (TPSA) is 83.5 Å². The minimum Gasteiger partial charge on any atom is -0.346 e. The summed E-state index contributed by atoms with van der Waals surface area (Å²) < 4.78 is 14.6. The van der Waals surface area contributed by atoms with E-state index in [1.165, 1.54) is 0 Å². The minimum atomic E-state index is 0.120. The third-order valence-electron chi connectivity index (χ3n) is 2.89. The van der Waals surface area contributed by atoms with Crippen LogP contribution in [0.25, 0.3) is 11.0 Å². The zero-order valence-corrected chi connectivity index (χ0v) is 11.1. The number of rotatable bonds is 4. The summed E-state index contributed by atoms with van der Waals surface area (Å²) in [5.74, 6) is 0.415. The molecule has 0 amide bonds. The predicted molar refractivity (Wildman–Crippen MR) is 74.5 cm³/mol. The average molecular weight is 275 g/mol. The Bertz CT molecular complexity index is 730. The molecular formula is C12H14FN7. The van der Waals surface area contributed by atoms with Crippen LogP contribution in [0.5, 0.6) is 0 Å². The number of aromatic nitrogens is 5. The van der Waals surface area contributed by atoms with Gasteiger partial charge < -0.3 is 10.3 Å². The summed E-state index contributed by atoms with van der Waals surface area (Å²) >= 11 is 0. The number of hydrogen-bond donors (Lipinski definition) is 3. The first-order valence-corrected chi connectivity index (χ1v) is 6.20. The summed E-state index contributed by atoms with van der Waals surface area (Å²) in [7, 11) is 0. The first-order valence-electron chi connectivity index (χ1n) is 6.20. The van der Waals surface area contributed by atoms with Gasteiger partial charge in [-0.1, -0.05) is 0 Å². The lowest BCUT2D eigenvalue weighted by molar-refractivity contribution is 0.532. The normalized spacial score (nSPS) is 11.2. The van der Waals surface area contributed by atoms with Crippen LogP contribution in [0.15, 0.2) is 24.7 Å². The highest BCUT2D eigenvalue weighted by Gasteiger charge is 2.09. The highest BCUT2D eigenvalue weighted by molar-refractivity contribution is 5.87. The van der Waals surface area contributed by atoms with Crippen molar-refractivity contribution in [1.29, 1.82) is 0 Å². The summed E-state index contributed by atoms with van der Waals surface area (Å²) in [4.78, 5) is 11.3. The Kier molecular flexibility index (Phi) is 2.97. The molecule has 8 heteroatoms. The zero-order chi connectivity index (χ0) is 14.1. The molecular weight excluding hydrogens is 261 g/mol. The molecule has 0 saturated heterocycles. The maximum Gasteiger partial charge on any atom is 0.231 e. The number of nitrogens with zero attached hydrogens (tertiary/aromatic N) is 4. The van der Waals surface area contributed by atoms with Gasteiger partial charge in [-0.2, -0.15) is 15.1 Å². The van der Waals surface area contributed by atoms with E-state index in [2.05, 4.69) is 25.4 Å². The first-order chi connectivity index (χ1) is 9.67. The third-order valence-corrected chi connectivity index (χ3v) is 2.89. The third kappa shape index (κ3) is 2.15. The highest BCUT2D eigenvalue weighted by atomic mass is 19.2. The van der Waals surface area contributed by atoms with Gasteiger partial charge in [-0.05, 0) is 19.9 Å². The average Bonchev–Trinajstić information content (AvgIpc) is 3.06. The maximum atomic E-state index is 12.8. The van der Waals surface area contributed by atoms with Gasteiger partial charge in [0.05, 0.1) is 17.3 Å². The van der Waals surface area contributed by atoms with Crippen LogP contribution in [0.2, 0.25) is 0 Å². The molecule has 0 spiro atoms. The van der Waals surface area contributed by atoms with E-state index in [0.29, 0.717) is 17.0 Å². The zero-order valence-electron chi connectivity index (χ0n) is 11.1. The van der Waals surface area contributed by atoms with Crippen molar-refractivity contribution in [3.05, 3.63) is 24.7 Å². The van der Waals surface area contributed by atoms with E-state index >= 15 is 0 Å². The van der Waals surface area contributed by atoms with Crippen LogP contribution < -0.4 is 10.9 Å². The molecule has 3 aromatic rings. The van der Waals surface area contributed by atoms with Gasteiger partial charge in [-0.3, -0.25) is 4.68 Å². The van der Waals surface area contributed by atoms with E-state index in [4.69, 9.17) is 0 Å². The molecule has 0 aromatic carbocycles. The second-order valence-electron chi connectivity index (χ2n) is 4.66. The van der Waals surface area contributed by atoms with Crippen molar-refractivity contribution in [2.45, 2.75) is 19.9 Å². The van der Waals surface area contributed by atoms with Crippen molar-refractivity contribution >= 4 is 28.5 Å². The second-order valence-corrected chi connectivity index (χ2v) is 4.66. The summed E-state index contributed by atoms with van der Waals surface area (Å²) in [6.45, 7) is 4.06. The molecule has 7 nitrogen and oxygen atoms in total. The van der Waals surface area contributed by atoms with E-state index in [0.717, 1.165) is 5.69 Å². The lowest BCUT2D eigenvalue weighted by Crippen LogP contribution is -2.01. The Labute approximate surface area is 114 Å². The number of halogens is 1. The standard InChI is InChI=1S/C12H14FN7/c1-7(2)20-6-8(5-15-20)16-12-17-10-9(3-4-14-10)11(18-12)19-13/h3-7H,1-2H3,(H3,14,16,17,18,19). The Morgan fingerprint density at radius 1 is 1.35 bits per heavy atom. The fraction of sp³-hybridized carbons (Fsp3) is 0.250. The van der Waals surface area contributed by atoms with E-state index in [-0.39, 0.29) is 11.9 Å². The van der Waals surface area contributed by atoms with E-state index < -0.39 is 0 Å². The predicted octanol–water partition coefficient (Wildman–Crippen LogP) is 2.78. The van der Waals surface area contributed by atoms with Crippen molar-refractivity contribution in [2.24, 2.45) is 0 Å². The number of H-pyrrole nitrogens is 1. The number of anilines is 3.